The molecular weight excluding hydrogens is 336 g/mol. The highest BCUT2D eigenvalue weighted by Gasteiger charge is 2.58. The molecule has 0 aromatic heterocycles. The van der Waals surface area contributed by atoms with E-state index < -0.39 is 0 Å². The summed E-state index contributed by atoms with van der Waals surface area (Å²) in [6.45, 7) is 17.0. The third kappa shape index (κ3) is 3.76. The lowest BCUT2D eigenvalue weighted by Gasteiger charge is -2.58. The van der Waals surface area contributed by atoms with Crippen molar-refractivity contribution in [3.05, 3.63) is 11.6 Å². The van der Waals surface area contributed by atoms with Gasteiger partial charge < -0.3 is 0 Å². The van der Waals surface area contributed by atoms with E-state index in [1.165, 1.54) is 70.6 Å². The normalized spacial score (nSPS) is 45.7. The lowest BCUT2D eigenvalue weighted by atomic mass is 9.46. The number of hydrogen-bond acceptors (Lipinski definition) is 0. The van der Waals surface area contributed by atoms with E-state index in [9.17, 15) is 0 Å². The summed E-state index contributed by atoms with van der Waals surface area (Å²) in [6, 6.07) is 0. The summed E-state index contributed by atoms with van der Waals surface area (Å²) in [6.07, 6.45) is 18.7. The fourth-order valence-corrected chi connectivity index (χ4v) is 8.47. The van der Waals surface area contributed by atoms with Crippen LogP contribution in [0.1, 0.15) is 119 Å². The molecule has 28 heavy (non-hydrogen) atoms. The van der Waals surface area contributed by atoms with E-state index in [0.717, 1.165) is 35.5 Å². The second-order valence-electron chi connectivity index (χ2n) is 11.8. The summed E-state index contributed by atoms with van der Waals surface area (Å²) in [7, 11) is 0. The van der Waals surface area contributed by atoms with E-state index in [1.54, 1.807) is 0 Å². The number of fused-ring (bicyclic) bond motifs is 5. The van der Waals surface area contributed by atoms with Crippen LogP contribution in [0.3, 0.4) is 0 Å². The summed E-state index contributed by atoms with van der Waals surface area (Å²) >= 11 is 0. The lowest BCUT2D eigenvalue weighted by Crippen LogP contribution is -2.50. The second kappa shape index (κ2) is 8.85. The van der Waals surface area contributed by atoms with Gasteiger partial charge >= 0.3 is 0 Å². The minimum Gasteiger partial charge on any atom is -0.0845 e. The molecule has 0 aliphatic heterocycles. The molecule has 8 atom stereocenters. The van der Waals surface area contributed by atoms with Gasteiger partial charge in [0.15, 0.2) is 0 Å². The Bertz CT molecular complexity index is 544. The fourth-order valence-electron chi connectivity index (χ4n) is 8.47. The molecule has 0 bridgehead atoms. The molecule has 0 aromatic carbocycles. The van der Waals surface area contributed by atoms with Crippen LogP contribution < -0.4 is 0 Å². The van der Waals surface area contributed by atoms with E-state index in [0.29, 0.717) is 10.8 Å². The van der Waals surface area contributed by atoms with Crippen LogP contribution in [-0.2, 0) is 0 Å². The Morgan fingerprint density at radius 1 is 1.00 bits per heavy atom. The first-order chi connectivity index (χ1) is 13.3. The standard InChI is InChI=1S/C25H42.C3H8/c1-6-7-18(3)21-10-11-22-20-9-8-19-16-17(2)12-14-24(19,4)23(20)13-15-25(21,22)5;1-3-2/h8,17-18,20-23H,6-7,9-16H2,1-5H3;3H2,1-2H3/t17?,18?,20?,21-,22?,23?,24+,25-;/m1./s1. The SMILES string of the molecule is CCC.CCCC(C)[C@H]1CCC2C3CC=C4CC(C)CC[C@]4(C)C3CC[C@@]21C. The first-order valence-corrected chi connectivity index (χ1v) is 13.0. The van der Waals surface area contributed by atoms with Crippen LogP contribution in [0.5, 0.6) is 0 Å². The zero-order valence-corrected chi connectivity index (χ0v) is 20.3. The van der Waals surface area contributed by atoms with Crippen molar-refractivity contribution in [1.29, 1.82) is 0 Å². The van der Waals surface area contributed by atoms with Crippen LogP contribution in [-0.4, -0.2) is 0 Å². The van der Waals surface area contributed by atoms with E-state index in [4.69, 9.17) is 0 Å². The predicted molar refractivity (Wildman–Crippen MR) is 124 cm³/mol. The van der Waals surface area contributed by atoms with Crippen LogP contribution in [0.25, 0.3) is 0 Å². The molecule has 0 N–H and O–H groups in total. The maximum atomic E-state index is 2.74. The Kier molecular flexibility index (Phi) is 7.09. The van der Waals surface area contributed by atoms with E-state index >= 15 is 0 Å². The predicted octanol–water partition coefficient (Wildman–Crippen LogP) is 9.05. The number of rotatable bonds is 3. The highest BCUT2D eigenvalue weighted by Crippen LogP contribution is 2.67. The van der Waals surface area contributed by atoms with Crippen molar-refractivity contribution in [2.45, 2.75) is 119 Å². The lowest BCUT2D eigenvalue weighted by molar-refractivity contribution is -0.0521. The van der Waals surface area contributed by atoms with Crippen molar-refractivity contribution in [3.63, 3.8) is 0 Å². The van der Waals surface area contributed by atoms with Gasteiger partial charge in [0.05, 0.1) is 0 Å². The maximum absolute atomic E-state index is 2.74. The van der Waals surface area contributed by atoms with Gasteiger partial charge in [-0.05, 0) is 97.7 Å². The molecule has 162 valence electrons. The molecule has 0 aromatic rings. The molecule has 0 heterocycles. The van der Waals surface area contributed by atoms with Gasteiger partial charge in [0.2, 0.25) is 0 Å². The molecule has 0 heteroatoms. The van der Waals surface area contributed by atoms with Gasteiger partial charge in [-0.15, -0.1) is 0 Å². The van der Waals surface area contributed by atoms with Crippen molar-refractivity contribution in [3.8, 4) is 0 Å². The molecule has 0 saturated heterocycles. The van der Waals surface area contributed by atoms with E-state index in [2.05, 4.69) is 54.5 Å². The number of hydrogen-bond donors (Lipinski definition) is 0. The van der Waals surface area contributed by atoms with Crippen molar-refractivity contribution >= 4 is 0 Å². The van der Waals surface area contributed by atoms with Gasteiger partial charge in [0, 0.05) is 0 Å². The Labute approximate surface area is 177 Å². The third-order valence-corrected chi connectivity index (χ3v) is 9.85. The Morgan fingerprint density at radius 3 is 2.39 bits per heavy atom. The molecule has 0 radical (unpaired) electrons. The summed E-state index contributed by atoms with van der Waals surface area (Å²) < 4.78 is 0. The highest BCUT2D eigenvalue weighted by molar-refractivity contribution is 5.25. The molecule has 3 saturated carbocycles. The molecule has 3 fully saturated rings. The minimum absolute atomic E-state index is 0.559. The van der Waals surface area contributed by atoms with Gasteiger partial charge in [-0.3, -0.25) is 0 Å². The van der Waals surface area contributed by atoms with E-state index in [-0.39, 0.29) is 0 Å². The molecule has 4 aliphatic rings. The third-order valence-electron chi connectivity index (χ3n) is 9.85. The molecule has 0 spiro atoms. The Morgan fingerprint density at radius 2 is 1.71 bits per heavy atom. The summed E-state index contributed by atoms with van der Waals surface area (Å²) in [5.41, 5.74) is 3.08. The molecule has 4 aliphatic carbocycles. The monoisotopic (exact) mass is 386 g/mol. The zero-order chi connectivity index (χ0) is 20.5. The van der Waals surface area contributed by atoms with Crippen LogP contribution in [0.2, 0.25) is 0 Å². The second-order valence-corrected chi connectivity index (χ2v) is 11.8. The van der Waals surface area contributed by atoms with Crippen molar-refractivity contribution < 1.29 is 0 Å². The van der Waals surface area contributed by atoms with Crippen LogP contribution >= 0.6 is 0 Å². The molecule has 0 nitrogen and oxygen atoms in total. The van der Waals surface area contributed by atoms with Crippen LogP contribution in [0, 0.1) is 46.3 Å². The van der Waals surface area contributed by atoms with Gasteiger partial charge in [0.25, 0.3) is 0 Å². The summed E-state index contributed by atoms with van der Waals surface area (Å²) in [5, 5.41) is 0. The van der Waals surface area contributed by atoms with Crippen LogP contribution in [0.15, 0.2) is 11.6 Å². The molecule has 5 unspecified atom stereocenters. The molecular formula is C28H50. The minimum atomic E-state index is 0.559. The van der Waals surface area contributed by atoms with Crippen molar-refractivity contribution in [2.24, 2.45) is 46.3 Å². The van der Waals surface area contributed by atoms with Crippen LogP contribution in [0.4, 0.5) is 0 Å². The Hall–Kier alpha value is -0.260. The number of allylic oxidation sites excluding steroid dienone is 2. The first kappa shape index (κ1) is 22.4. The maximum Gasteiger partial charge on any atom is -0.00851 e. The quantitative estimate of drug-likeness (QED) is 0.424. The Balaban J connectivity index is 0.000000706. The van der Waals surface area contributed by atoms with Gasteiger partial charge in [0.1, 0.15) is 0 Å². The smallest absolute Gasteiger partial charge is 0.00851 e. The first-order valence-electron chi connectivity index (χ1n) is 13.0. The fraction of sp³-hybridized carbons (Fsp3) is 0.929. The van der Waals surface area contributed by atoms with Crippen molar-refractivity contribution in [2.75, 3.05) is 0 Å². The largest absolute Gasteiger partial charge is 0.0845 e. The average molecular weight is 387 g/mol. The average Bonchev–Trinajstić information content (AvgIpc) is 3.00. The topological polar surface area (TPSA) is 0 Å². The summed E-state index contributed by atoms with van der Waals surface area (Å²) in [5.74, 6) is 5.89. The van der Waals surface area contributed by atoms with Crippen molar-refractivity contribution in [1.82, 2.24) is 0 Å². The van der Waals surface area contributed by atoms with Gasteiger partial charge in [-0.1, -0.05) is 79.4 Å². The highest BCUT2D eigenvalue weighted by atomic mass is 14.6. The van der Waals surface area contributed by atoms with Gasteiger partial charge in [-0.25, -0.2) is 0 Å². The van der Waals surface area contributed by atoms with E-state index in [1.807, 2.05) is 5.57 Å². The molecule has 4 rings (SSSR count). The zero-order valence-electron chi connectivity index (χ0n) is 20.3. The van der Waals surface area contributed by atoms with Gasteiger partial charge in [-0.2, -0.15) is 0 Å². The molecule has 0 amide bonds. The summed E-state index contributed by atoms with van der Waals surface area (Å²) in [4.78, 5) is 0.